The van der Waals surface area contributed by atoms with Crippen molar-refractivity contribution in [1.82, 2.24) is 0 Å². The third-order valence-electron chi connectivity index (χ3n) is 3.80. The first-order chi connectivity index (χ1) is 12.4. The van der Waals surface area contributed by atoms with Crippen molar-refractivity contribution < 1.29 is 19.4 Å². The summed E-state index contributed by atoms with van der Waals surface area (Å²) in [7, 11) is 1.60. The van der Waals surface area contributed by atoms with Gasteiger partial charge in [0.2, 0.25) is 0 Å². The van der Waals surface area contributed by atoms with E-state index in [9.17, 15) is 4.79 Å². The van der Waals surface area contributed by atoms with Gasteiger partial charge in [-0.2, -0.15) is 0 Å². The Kier molecular flexibility index (Phi) is 8.17. The summed E-state index contributed by atoms with van der Waals surface area (Å²) in [6.45, 7) is 14.9. The number of carboxylic acid groups (broad SMARTS) is 1. The van der Waals surface area contributed by atoms with Gasteiger partial charge in [-0.05, 0) is 0 Å². The van der Waals surface area contributed by atoms with Gasteiger partial charge < -0.3 is 0 Å². The van der Waals surface area contributed by atoms with Crippen LogP contribution in [0.3, 0.4) is 0 Å². The molecule has 0 aliphatic heterocycles. The Morgan fingerprint density at radius 1 is 1.19 bits per heavy atom. The fourth-order valence-electron chi connectivity index (χ4n) is 2.32. The number of ether oxygens (including phenoxy) is 2. The Labute approximate surface area is 169 Å². The zero-order chi connectivity index (χ0) is 20.8. The van der Waals surface area contributed by atoms with Crippen molar-refractivity contribution in [2.24, 2.45) is 0 Å². The van der Waals surface area contributed by atoms with Crippen molar-refractivity contribution in [2.45, 2.75) is 59.3 Å². The molecule has 1 aromatic carbocycles. The fourth-order valence-corrected chi connectivity index (χ4v) is 3.93. The summed E-state index contributed by atoms with van der Waals surface area (Å²) in [6, 6.07) is 4.37. The van der Waals surface area contributed by atoms with Gasteiger partial charge >= 0.3 is 169 Å². The molecule has 1 aromatic rings. The number of benzene rings is 1. The van der Waals surface area contributed by atoms with E-state index in [0.717, 1.165) is 21.9 Å². The topological polar surface area (TPSA) is 55.8 Å². The van der Waals surface area contributed by atoms with E-state index in [4.69, 9.17) is 14.6 Å². The third kappa shape index (κ3) is 7.42. The van der Waals surface area contributed by atoms with Gasteiger partial charge in [0.05, 0.1) is 0 Å². The molecule has 0 spiro atoms. The molecule has 0 radical (unpaired) electrons. The Bertz CT molecular complexity index is 768. The molecule has 0 aliphatic rings. The molecule has 0 amide bonds. The van der Waals surface area contributed by atoms with Crippen LogP contribution in [0.25, 0.3) is 0 Å². The van der Waals surface area contributed by atoms with Gasteiger partial charge in [0, 0.05) is 0 Å². The minimum absolute atomic E-state index is 0.00281. The van der Waals surface area contributed by atoms with Gasteiger partial charge in [0.15, 0.2) is 0 Å². The molecule has 1 N–H and O–H groups in total. The first-order valence-electron chi connectivity index (χ1n) is 8.76. The van der Waals surface area contributed by atoms with Crippen LogP contribution >= 0.6 is 0 Å². The quantitative estimate of drug-likeness (QED) is 0.331. The number of hydrogen-bond acceptors (Lipinski definition) is 3. The summed E-state index contributed by atoms with van der Waals surface area (Å²) in [5, 5.41) is 8.82. The molecule has 1 rings (SSSR count). The molecule has 0 unspecified atom stereocenters. The molecule has 0 saturated heterocycles. The van der Waals surface area contributed by atoms with E-state index >= 15 is 0 Å². The van der Waals surface area contributed by atoms with Gasteiger partial charge in [0.1, 0.15) is 0 Å². The zero-order valence-electron chi connectivity index (χ0n) is 17.5. The molecule has 0 atom stereocenters. The summed E-state index contributed by atoms with van der Waals surface area (Å²) >= 11 is -0.183. The Morgan fingerprint density at radius 3 is 2.30 bits per heavy atom. The van der Waals surface area contributed by atoms with Gasteiger partial charge in [-0.1, -0.05) is 0 Å². The van der Waals surface area contributed by atoms with Crippen LogP contribution in [0.4, 0.5) is 0 Å². The molecular weight excluding hydrogens is 407 g/mol. The Hall–Kier alpha value is -1.73. The third-order valence-corrected chi connectivity index (χ3v) is 5.33. The first-order valence-corrected chi connectivity index (χ1v) is 10.5. The molecule has 0 aromatic heterocycles. The van der Waals surface area contributed by atoms with Crippen LogP contribution in [-0.4, -0.2) is 39.9 Å². The van der Waals surface area contributed by atoms with Crippen molar-refractivity contribution >= 4 is 25.4 Å². The van der Waals surface area contributed by atoms with Crippen LogP contribution in [0.5, 0.6) is 5.75 Å². The summed E-state index contributed by atoms with van der Waals surface area (Å²) < 4.78 is 12.1. The molecule has 0 bridgehead atoms. The first kappa shape index (κ1) is 23.3. The summed E-state index contributed by atoms with van der Waals surface area (Å²) in [5.74, 6) is 2.78. The zero-order valence-corrected chi connectivity index (χ0v) is 19.2. The fraction of sp³-hybridized carbons (Fsp3) is 0.500. The second-order valence-electron chi connectivity index (χ2n) is 8.40. The summed E-state index contributed by atoms with van der Waals surface area (Å²) in [4.78, 5) is 13.9. The predicted molar refractivity (Wildman–Crippen MR) is 111 cm³/mol. The molecule has 0 fully saturated rings. The maximum atomic E-state index is 10.8. The van der Waals surface area contributed by atoms with Crippen LogP contribution in [-0.2, 0) is 20.4 Å². The Morgan fingerprint density at radius 2 is 1.81 bits per heavy atom. The summed E-state index contributed by atoms with van der Waals surface area (Å²) in [6.07, 6.45) is 1.12. The maximum absolute atomic E-state index is 10.8. The molecular formula is C22H30O4Se. The number of methoxy groups -OCH3 is 1. The van der Waals surface area contributed by atoms with Crippen LogP contribution in [0.15, 0.2) is 23.8 Å². The van der Waals surface area contributed by atoms with E-state index in [-0.39, 0.29) is 32.6 Å². The standard InChI is InChI=1S/C22H30O4Se/c1-15(11-19(23)24)9-10-27-18-13-16(21(2,3)4)12-17(22(5,6)7)20(18)26-14-25-8/h11-13H,14H2,1-8H3,(H,23,24). The van der Waals surface area contributed by atoms with Gasteiger partial charge in [-0.15, -0.1) is 0 Å². The van der Waals surface area contributed by atoms with Gasteiger partial charge in [0.25, 0.3) is 0 Å². The van der Waals surface area contributed by atoms with Crippen molar-refractivity contribution in [3.8, 4) is 16.5 Å². The minimum atomic E-state index is -0.983. The number of carboxylic acids is 1. The Balaban J connectivity index is 3.49. The van der Waals surface area contributed by atoms with Crippen molar-refractivity contribution in [3.05, 3.63) is 34.9 Å². The number of hydrogen-bond donors (Lipinski definition) is 1. The molecule has 0 aliphatic carbocycles. The van der Waals surface area contributed by atoms with Crippen LogP contribution in [0.2, 0.25) is 0 Å². The van der Waals surface area contributed by atoms with Crippen molar-refractivity contribution in [1.29, 1.82) is 0 Å². The van der Waals surface area contributed by atoms with E-state index < -0.39 is 5.97 Å². The molecule has 5 heteroatoms. The molecule has 0 heterocycles. The average Bonchev–Trinajstić information content (AvgIpc) is 2.50. The van der Waals surface area contributed by atoms with E-state index in [0.29, 0.717) is 5.57 Å². The average molecular weight is 437 g/mol. The predicted octanol–water partition coefficient (Wildman–Crippen LogP) is 3.59. The molecule has 4 nitrogen and oxygen atoms in total. The normalized spacial score (nSPS) is 12.4. The molecule has 27 heavy (non-hydrogen) atoms. The number of carbonyl (C=O) groups is 1. The van der Waals surface area contributed by atoms with E-state index in [2.05, 4.69) is 64.4 Å². The number of aliphatic carboxylic acids is 1. The van der Waals surface area contributed by atoms with Crippen LogP contribution in [0.1, 0.15) is 59.6 Å². The van der Waals surface area contributed by atoms with E-state index in [1.54, 1.807) is 14.0 Å². The van der Waals surface area contributed by atoms with Crippen LogP contribution < -0.4 is 9.20 Å². The van der Waals surface area contributed by atoms with Crippen LogP contribution in [0, 0.1) is 10.7 Å². The van der Waals surface area contributed by atoms with E-state index in [1.165, 1.54) is 5.56 Å². The van der Waals surface area contributed by atoms with Crippen molar-refractivity contribution in [2.75, 3.05) is 13.9 Å². The molecule has 148 valence electrons. The SMILES string of the molecule is COCOc1c([Se]C#CC(C)=CC(=O)O)cc(C(C)(C)C)cc1C(C)(C)C. The number of rotatable bonds is 5. The van der Waals surface area contributed by atoms with E-state index in [1.807, 2.05) is 0 Å². The molecule has 0 saturated carbocycles. The number of allylic oxidation sites excluding steroid dienone is 1. The monoisotopic (exact) mass is 438 g/mol. The van der Waals surface area contributed by atoms with Gasteiger partial charge in [-0.25, -0.2) is 0 Å². The van der Waals surface area contributed by atoms with Crippen molar-refractivity contribution in [3.63, 3.8) is 0 Å². The van der Waals surface area contributed by atoms with Gasteiger partial charge in [-0.3, -0.25) is 0 Å². The second kappa shape index (κ2) is 9.46. The summed E-state index contributed by atoms with van der Waals surface area (Å²) in [5.41, 5.74) is 2.79. The second-order valence-corrected chi connectivity index (χ2v) is 10.2.